The minimum atomic E-state index is -0.368. The topological polar surface area (TPSA) is 76.2 Å². The molecule has 1 aliphatic heterocycles. The summed E-state index contributed by atoms with van der Waals surface area (Å²) in [6, 6.07) is 0. The number of hydrogen-bond donors (Lipinski definition) is 1. The van der Waals surface area contributed by atoms with E-state index in [-0.39, 0.29) is 10.7 Å². The van der Waals surface area contributed by atoms with E-state index in [0.717, 1.165) is 32.1 Å². The van der Waals surface area contributed by atoms with Crippen molar-refractivity contribution in [3.63, 3.8) is 0 Å². The molecule has 0 radical (unpaired) electrons. The van der Waals surface area contributed by atoms with Gasteiger partial charge in [-0.3, -0.25) is 0 Å². The van der Waals surface area contributed by atoms with Crippen LogP contribution < -0.4 is 5.32 Å². The normalized spacial score (nSPS) is 16.8. The molecule has 1 aromatic rings. The number of likely N-dealkylation sites (N-methyl/N-ethyl adjacent to an activating group) is 1. The Hall–Kier alpha value is -1.47. The molecule has 112 valence electrons. The lowest BCUT2D eigenvalue weighted by Gasteiger charge is -2.27. The molecule has 0 saturated carbocycles. The molecule has 0 aromatic carbocycles. The van der Waals surface area contributed by atoms with E-state index in [1.807, 2.05) is 0 Å². The highest BCUT2D eigenvalue weighted by atomic mass is 16.6. The first-order valence-corrected chi connectivity index (χ1v) is 7.13. The number of imidazole rings is 1. The molecule has 1 N–H and O–H groups in total. The van der Waals surface area contributed by atoms with Crippen LogP contribution in [0.4, 0.5) is 5.82 Å². The summed E-state index contributed by atoms with van der Waals surface area (Å²) in [5, 5.41) is 14.3. The van der Waals surface area contributed by atoms with Crippen LogP contribution in [-0.2, 0) is 6.54 Å². The second-order valence-electron chi connectivity index (χ2n) is 5.53. The standard InChI is InChI=1S/C13H23N5O2/c1-11-15-9-13(18(19)20)17(11)8-7-16(2)10-12-3-5-14-6-4-12/h9,12,14H,3-8,10H2,1-2H3. The lowest BCUT2D eigenvalue weighted by molar-refractivity contribution is -0.392. The average molecular weight is 281 g/mol. The van der Waals surface area contributed by atoms with E-state index in [4.69, 9.17) is 0 Å². The molecular weight excluding hydrogens is 258 g/mol. The summed E-state index contributed by atoms with van der Waals surface area (Å²) < 4.78 is 1.68. The van der Waals surface area contributed by atoms with Gasteiger partial charge in [0.15, 0.2) is 5.82 Å². The van der Waals surface area contributed by atoms with Crippen LogP contribution in [0.25, 0.3) is 0 Å². The molecule has 2 heterocycles. The lowest BCUT2D eigenvalue weighted by atomic mass is 9.98. The summed E-state index contributed by atoms with van der Waals surface area (Å²) in [6.45, 7) is 6.49. The van der Waals surface area contributed by atoms with Gasteiger partial charge in [0.05, 0.1) is 0 Å². The molecule has 20 heavy (non-hydrogen) atoms. The highest BCUT2D eigenvalue weighted by Crippen LogP contribution is 2.15. The first-order valence-electron chi connectivity index (χ1n) is 7.13. The van der Waals surface area contributed by atoms with Crippen LogP contribution in [-0.4, -0.2) is 52.6 Å². The summed E-state index contributed by atoms with van der Waals surface area (Å²) in [7, 11) is 2.08. The Morgan fingerprint density at radius 2 is 2.25 bits per heavy atom. The van der Waals surface area contributed by atoms with Crippen molar-refractivity contribution in [2.24, 2.45) is 5.92 Å². The molecule has 1 aromatic heterocycles. The fourth-order valence-corrected chi connectivity index (χ4v) is 2.75. The summed E-state index contributed by atoms with van der Waals surface area (Å²) in [5.41, 5.74) is 0. The summed E-state index contributed by atoms with van der Waals surface area (Å²) >= 11 is 0. The van der Waals surface area contributed by atoms with Crippen molar-refractivity contribution in [1.82, 2.24) is 19.8 Å². The van der Waals surface area contributed by atoms with Gasteiger partial charge < -0.3 is 20.3 Å². The minimum absolute atomic E-state index is 0.0813. The molecule has 0 spiro atoms. The molecular formula is C13H23N5O2. The highest BCUT2D eigenvalue weighted by Gasteiger charge is 2.19. The van der Waals surface area contributed by atoms with E-state index in [2.05, 4.69) is 22.2 Å². The van der Waals surface area contributed by atoms with Gasteiger partial charge in [0.1, 0.15) is 12.7 Å². The molecule has 1 fully saturated rings. The number of aromatic nitrogens is 2. The molecule has 0 atom stereocenters. The quantitative estimate of drug-likeness (QED) is 0.622. The van der Waals surface area contributed by atoms with Gasteiger partial charge >= 0.3 is 5.82 Å². The Morgan fingerprint density at radius 3 is 2.90 bits per heavy atom. The third kappa shape index (κ3) is 3.77. The molecule has 2 rings (SSSR count). The Morgan fingerprint density at radius 1 is 1.55 bits per heavy atom. The molecule has 7 heteroatoms. The van der Waals surface area contributed by atoms with E-state index in [1.54, 1.807) is 11.5 Å². The van der Waals surface area contributed by atoms with E-state index >= 15 is 0 Å². The number of nitrogens with one attached hydrogen (secondary N) is 1. The fourth-order valence-electron chi connectivity index (χ4n) is 2.75. The third-order valence-corrected chi connectivity index (χ3v) is 3.96. The minimum Gasteiger partial charge on any atom is -0.358 e. The highest BCUT2D eigenvalue weighted by molar-refractivity contribution is 5.18. The number of nitro groups is 1. The van der Waals surface area contributed by atoms with E-state index in [1.165, 1.54) is 19.0 Å². The maximum Gasteiger partial charge on any atom is 0.342 e. The van der Waals surface area contributed by atoms with Crippen molar-refractivity contribution >= 4 is 5.82 Å². The van der Waals surface area contributed by atoms with Crippen LogP contribution >= 0.6 is 0 Å². The van der Waals surface area contributed by atoms with E-state index in [0.29, 0.717) is 12.4 Å². The summed E-state index contributed by atoms with van der Waals surface area (Å²) in [4.78, 5) is 16.8. The van der Waals surface area contributed by atoms with Crippen molar-refractivity contribution in [3.8, 4) is 0 Å². The third-order valence-electron chi connectivity index (χ3n) is 3.96. The zero-order chi connectivity index (χ0) is 14.5. The zero-order valence-corrected chi connectivity index (χ0v) is 12.2. The van der Waals surface area contributed by atoms with E-state index in [9.17, 15) is 10.1 Å². The average Bonchev–Trinajstić information content (AvgIpc) is 2.79. The first-order chi connectivity index (χ1) is 9.58. The monoisotopic (exact) mass is 281 g/mol. The molecule has 0 unspecified atom stereocenters. The largest absolute Gasteiger partial charge is 0.358 e. The Labute approximate surface area is 119 Å². The number of hydrogen-bond acceptors (Lipinski definition) is 5. The molecule has 1 aliphatic rings. The maximum atomic E-state index is 10.9. The Kier molecular flexibility index (Phi) is 5.08. The van der Waals surface area contributed by atoms with Crippen molar-refractivity contribution in [1.29, 1.82) is 0 Å². The summed E-state index contributed by atoms with van der Waals surface area (Å²) in [5.74, 6) is 1.52. The number of aryl methyl sites for hydroxylation is 1. The van der Waals surface area contributed by atoms with Gasteiger partial charge in [-0.05, 0) is 43.8 Å². The van der Waals surface area contributed by atoms with E-state index < -0.39 is 0 Å². The number of nitrogens with zero attached hydrogens (tertiary/aromatic N) is 4. The van der Waals surface area contributed by atoms with Gasteiger partial charge in [-0.15, -0.1) is 0 Å². The van der Waals surface area contributed by atoms with Crippen LogP contribution in [0.3, 0.4) is 0 Å². The second-order valence-corrected chi connectivity index (χ2v) is 5.53. The van der Waals surface area contributed by atoms with Crippen LogP contribution in [0.1, 0.15) is 18.7 Å². The number of piperidine rings is 1. The van der Waals surface area contributed by atoms with Gasteiger partial charge in [0.25, 0.3) is 0 Å². The lowest BCUT2D eigenvalue weighted by Crippen LogP contribution is -2.35. The smallest absolute Gasteiger partial charge is 0.342 e. The van der Waals surface area contributed by atoms with Gasteiger partial charge in [-0.1, -0.05) is 0 Å². The van der Waals surface area contributed by atoms with Gasteiger partial charge in [-0.25, -0.2) is 9.55 Å². The van der Waals surface area contributed by atoms with Crippen LogP contribution in [0.15, 0.2) is 6.20 Å². The fraction of sp³-hybridized carbons (Fsp3) is 0.769. The predicted octanol–water partition coefficient (Wildman–Crippen LogP) is 1.03. The second kappa shape index (κ2) is 6.81. The molecule has 0 amide bonds. The first kappa shape index (κ1) is 14.9. The van der Waals surface area contributed by atoms with Crippen LogP contribution in [0, 0.1) is 23.0 Å². The molecule has 1 saturated heterocycles. The molecule has 0 aliphatic carbocycles. The molecule has 0 bridgehead atoms. The van der Waals surface area contributed by atoms with Gasteiger partial charge in [0, 0.05) is 20.0 Å². The van der Waals surface area contributed by atoms with Crippen molar-refractivity contribution < 1.29 is 4.92 Å². The van der Waals surface area contributed by atoms with Gasteiger partial charge in [0.2, 0.25) is 0 Å². The SMILES string of the molecule is Cc1ncc([N+](=O)[O-])n1CCN(C)CC1CCNCC1. The Bertz CT molecular complexity index is 454. The van der Waals surface area contributed by atoms with Crippen molar-refractivity contribution in [3.05, 3.63) is 22.1 Å². The van der Waals surface area contributed by atoms with Crippen LogP contribution in [0.2, 0.25) is 0 Å². The summed E-state index contributed by atoms with van der Waals surface area (Å²) in [6.07, 6.45) is 3.77. The predicted molar refractivity (Wildman–Crippen MR) is 76.7 cm³/mol. The van der Waals surface area contributed by atoms with Crippen LogP contribution in [0.5, 0.6) is 0 Å². The zero-order valence-electron chi connectivity index (χ0n) is 12.2. The molecule has 7 nitrogen and oxygen atoms in total. The van der Waals surface area contributed by atoms with Crippen molar-refractivity contribution in [2.45, 2.75) is 26.3 Å². The Balaban J connectivity index is 1.85. The van der Waals surface area contributed by atoms with Crippen molar-refractivity contribution in [2.75, 3.05) is 33.2 Å². The number of rotatable bonds is 6. The van der Waals surface area contributed by atoms with Gasteiger partial charge in [-0.2, -0.15) is 0 Å². The maximum absolute atomic E-state index is 10.9.